The quantitative estimate of drug-likeness (QED) is 0.449. The van der Waals surface area contributed by atoms with Gasteiger partial charge >= 0.3 is 0 Å². The highest BCUT2D eigenvalue weighted by Crippen LogP contribution is 2.32. The van der Waals surface area contributed by atoms with Crippen LogP contribution < -0.4 is 4.74 Å². The molecule has 118 valence electrons. The maximum Gasteiger partial charge on any atom is 0.204 e. The van der Waals surface area contributed by atoms with Crippen LogP contribution in [-0.2, 0) is 6.61 Å². The molecule has 5 nitrogen and oxygen atoms in total. The molecule has 0 aliphatic rings. The van der Waals surface area contributed by atoms with Crippen LogP contribution in [0.3, 0.4) is 0 Å². The highest BCUT2D eigenvalue weighted by Gasteiger charge is 2.13. The number of benzene rings is 2. The maximum absolute atomic E-state index is 6.02. The molecule has 0 amide bonds. The number of hydrogen-bond donors (Lipinski definition) is 1. The highest BCUT2D eigenvalue weighted by atomic mass is 127. The number of rotatable bonds is 4. The Hall–Kier alpha value is -0.650. The lowest BCUT2D eigenvalue weighted by molar-refractivity contribution is 0.302. The molecule has 3 rings (SSSR count). The molecule has 1 heterocycles. The van der Waals surface area contributed by atoms with Crippen LogP contribution in [0.5, 0.6) is 5.75 Å². The Balaban J connectivity index is 1.81. The van der Waals surface area contributed by atoms with E-state index in [0.717, 1.165) is 24.0 Å². The number of halogens is 4. The minimum Gasteiger partial charge on any atom is -0.487 e. The fourth-order valence-electron chi connectivity index (χ4n) is 1.90. The van der Waals surface area contributed by atoms with E-state index in [9.17, 15) is 0 Å². The average Bonchev–Trinajstić information content (AvgIpc) is 3.04. The molecule has 0 aliphatic heterocycles. The van der Waals surface area contributed by atoms with Crippen LogP contribution in [0.15, 0.2) is 30.3 Å². The number of ether oxygens (including phenoxy) is 1. The van der Waals surface area contributed by atoms with Gasteiger partial charge in [0.25, 0.3) is 0 Å². The van der Waals surface area contributed by atoms with Crippen LogP contribution in [0.2, 0.25) is 10.0 Å². The zero-order valence-electron chi connectivity index (χ0n) is 11.4. The third-order valence-electron chi connectivity index (χ3n) is 2.97. The van der Waals surface area contributed by atoms with Gasteiger partial charge < -0.3 is 4.74 Å². The second-order valence-electron chi connectivity index (χ2n) is 4.54. The van der Waals surface area contributed by atoms with E-state index in [1.165, 1.54) is 0 Å². The number of nitrogens with one attached hydrogen (secondary N) is 1. The number of aromatic amines is 1. The Labute approximate surface area is 169 Å². The van der Waals surface area contributed by atoms with Gasteiger partial charge in [0.15, 0.2) is 0 Å². The summed E-state index contributed by atoms with van der Waals surface area (Å²) in [6.45, 7) is 0.407. The lowest BCUT2D eigenvalue weighted by atomic mass is 10.2. The molecule has 0 spiro atoms. The van der Waals surface area contributed by atoms with E-state index in [4.69, 9.17) is 27.9 Å². The predicted molar refractivity (Wildman–Crippen MR) is 106 cm³/mol. The SMILES string of the molecule is Clc1ccc(COc2c(I)cc(-c3nn[nH]n3)cc2I)cc1Cl. The molecule has 2 aromatic carbocycles. The van der Waals surface area contributed by atoms with Crippen molar-refractivity contribution in [1.29, 1.82) is 0 Å². The summed E-state index contributed by atoms with van der Waals surface area (Å²) in [7, 11) is 0. The van der Waals surface area contributed by atoms with Gasteiger partial charge in [0.05, 0.1) is 17.2 Å². The van der Waals surface area contributed by atoms with Crippen LogP contribution in [0.1, 0.15) is 5.56 Å². The minimum atomic E-state index is 0.407. The summed E-state index contributed by atoms with van der Waals surface area (Å²) >= 11 is 16.4. The first-order chi connectivity index (χ1) is 11.0. The van der Waals surface area contributed by atoms with Crippen LogP contribution >= 0.6 is 68.4 Å². The van der Waals surface area contributed by atoms with Gasteiger partial charge in [-0.3, -0.25) is 0 Å². The summed E-state index contributed by atoms with van der Waals surface area (Å²) in [6.07, 6.45) is 0. The molecule has 1 aromatic heterocycles. The molecular formula is C14H8Cl2I2N4O. The summed E-state index contributed by atoms with van der Waals surface area (Å²) < 4.78 is 7.87. The van der Waals surface area contributed by atoms with Crippen molar-refractivity contribution in [1.82, 2.24) is 20.6 Å². The van der Waals surface area contributed by atoms with E-state index in [1.54, 1.807) is 12.1 Å². The van der Waals surface area contributed by atoms with Crippen molar-refractivity contribution in [3.8, 4) is 17.1 Å². The summed E-state index contributed by atoms with van der Waals surface area (Å²) in [6, 6.07) is 9.37. The predicted octanol–water partition coefficient (Wildman–Crippen LogP) is 4.96. The normalized spacial score (nSPS) is 10.8. The molecule has 1 N–H and O–H groups in total. The van der Waals surface area contributed by atoms with E-state index in [0.29, 0.717) is 22.5 Å². The smallest absolute Gasteiger partial charge is 0.204 e. The molecule has 0 atom stereocenters. The average molecular weight is 573 g/mol. The summed E-state index contributed by atoms with van der Waals surface area (Å²) in [5.74, 6) is 1.36. The van der Waals surface area contributed by atoms with E-state index >= 15 is 0 Å². The first-order valence-corrected chi connectivity index (χ1v) is 9.25. The third kappa shape index (κ3) is 4.06. The number of tetrazole rings is 1. The second-order valence-corrected chi connectivity index (χ2v) is 7.68. The minimum absolute atomic E-state index is 0.407. The van der Waals surface area contributed by atoms with Crippen molar-refractivity contribution >= 4 is 68.4 Å². The molecule has 0 fully saturated rings. The Kier molecular flexibility index (Phi) is 5.60. The second kappa shape index (κ2) is 7.49. The summed E-state index contributed by atoms with van der Waals surface area (Å²) in [4.78, 5) is 0. The van der Waals surface area contributed by atoms with Crippen molar-refractivity contribution in [2.45, 2.75) is 6.61 Å². The van der Waals surface area contributed by atoms with Gasteiger partial charge in [0.2, 0.25) is 5.82 Å². The lowest BCUT2D eigenvalue weighted by Gasteiger charge is -2.12. The van der Waals surface area contributed by atoms with Gasteiger partial charge in [-0.2, -0.15) is 5.21 Å². The Bertz CT molecular complexity index is 820. The van der Waals surface area contributed by atoms with Gasteiger partial charge in [-0.1, -0.05) is 29.3 Å². The molecule has 9 heteroatoms. The first-order valence-electron chi connectivity index (χ1n) is 6.34. The zero-order valence-corrected chi connectivity index (χ0v) is 17.2. The molecule has 0 aliphatic carbocycles. The van der Waals surface area contributed by atoms with Gasteiger partial charge in [0, 0.05) is 5.56 Å². The van der Waals surface area contributed by atoms with E-state index in [1.807, 2.05) is 18.2 Å². The Morgan fingerprint density at radius 1 is 1.04 bits per heavy atom. The number of H-pyrrole nitrogens is 1. The van der Waals surface area contributed by atoms with Crippen LogP contribution in [0.4, 0.5) is 0 Å². The highest BCUT2D eigenvalue weighted by molar-refractivity contribution is 14.1. The van der Waals surface area contributed by atoms with Gasteiger partial charge in [-0.25, -0.2) is 0 Å². The van der Waals surface area contributed by atoms with E-state index < -0.39 is 0 Å². The standard InChI is InChI=1S/C14H8Cl2I2N4O/c15-9-2-1-7(3-10(9)16)6-23-13-11(17)4-8(5-12(13)18)14-19-21-22-20-14/h1-5H,6H2,(H,19,20,21,22). The van der Waals surface area contributed by atoms with Crippen LogP contribution in [0, 0.1) is 7.14 Å². The molecular weight excluding hydrogens is 565 g/mol. The van der Waals surface area contributed by atoms with Crippen molar-refractivity contribution in [3.63, 3.8) is 0 Å². The Morgan fingerprint density at radius 3 is 2.39 bits per heavy atom. The van der Waals surface area contributed by atoms with Crippen molar-refractivity contribution in [2.24, 2.45) is 0 Å². The topological polar surface area (TPSA) is 63.7 Å². The summed E-state index contributed by atoms with van der Waals surface area (Å²) in [5, 5.41) is 15.1. The molecule has 0 radical (unpaired) electrons. The zero-order chi connectivity index (χ0) is 16.4. The number of nitrogens with zero attached hydrogens (tertiary/aromatic N) is 3. The molecule has 23 heavy (non-hydrogen) atoms. The van der Waals surface area contributed by atoms with Gasteiger partial charge in [-0.15, -0.1) is 10.2 Å². The molecule has 0 bridgehead atoms. The van der Waals surface area contributed by atoms with Crippen molar-refractivity contribution in [2.75, 3.05) is 0 Å². The lowest BCUT2D eigenvalue weighted by Crippen LogP contribution is -2.00. The fraction of sp³-hybridized carbons (Fsp3) is 0.0714. The largest absolute Gasteiger partial charge is 0.487 e. The maximum atomic E-state index is 6.02. The molecule has 0 saturated carbocycles. The van der Waals surface area contributed by atoms with Crippen LogP contribution in [-0.4, -0.2) is 20.6 Å². The van der Waals surface area contributed by atoms with Crippen molar-refractivity contribution in [3.05, 3.63) is 53.1 Å². The van der Waals surface area contributed by atoms with E-state index in [2.05, 4.69) is 65.8 Å². The number of aromatic nitrogens is 4. The first kappa shape index (κ1) is 17.2. The van der Waals surface area contributed by atoms with Gasteiger partial charge in [0.1, 0.15) is 12.4 Å². The van der Waals surface area contributed by atoms with E-state index in [-0.39, 0.29) is 0 Å². The van der Waals surface area contributed by atoms with Crippen LogP contribution in [0.25, 0.3) is 11.4 Å². The Morgan fingerprint density at radius 2 is 1.78 bits per heavy atom. The molecule has 0 saturated heterocycles. The monoisotopic (exact) mass is 572 g/mol. The van der Waals surface area contributed by atoms with Gasteiger partial charge in [-0.05, 0) is 80.2 Å². The van der Waals surface area contributed by atoms with Crippen molar-refractivity contribution < 1.29 is 4.74 Å². The third-order valence-corrected chi connectivity index (χ3v) is 5.31. The molecule has 0 unspecified atom stereocenters. The fourth-order valence-corrected chi connectivity index (χ4v) is 4.30. The molecule has 3 aromatic rings. The summed E-state index contributed by atoms with van der Waals surface area (Å²) in [5.41, 5.74) is 1.84. The number of hydrogen-bond acceptors (Lipinski definition) is 4.